The third-order valence-electron chi connectivity index (χ3n) is 9.46. The molecule has 0 saturated carbocycles. The number of nitriles is 1. The number of fused-ring (bicyclic) bond motifs is 9. The van der Waals surface area contributed by atoms with Crippen molar-refractivity contribution in [1.82, 2.24) is 14.5 Å². The van der Waals surface area contributed by atoms with Crippen molar-refractivity contribution in [2.45, 2.75) is 0 Å². The van der Waals surface area contributed by atoms with Crippen LogP contribution in [0.4, 0.5) is 0 Å². The molecule has 0 fully saturated rings. The molecule has 10 aromatic rings. The summed E-state index contributed by atoms with van der Waals surface area (Å²) in [7, 11) is 0. The molecule has 0 aliphatic rings. The lowest BCUT2D eigenvalue weighted by Gasteiger charge is -2.09. The van der Waals surface area contributed by atoms with Crippen LogP contribution in [0.25, 0.3) is 93.6 Å². The Morgan fingerprint density at radius 2 is 1.12 bits per heavy atom. The van der Waals surface area contributed by atoms with E-state index < -0.39 is 0 Å². The van der Waals surface area contributed by atoms with E-state index in [2.05, 4.69) is 126 Å². The molecule has 0 N–H and O–H groups in total. The molecule has 0 aliphatic heterocycles. The number of nitrogens with zero attached hydrogens (tertiary/aromatic N) is 4. The topological polar surface area (TPSA) is 67.6 Å². The van der Waals surface area contributed by atoms with Crippen LogP contribution in [-0.4, -0.2) is 14.5 Å². The summed E-state index contributed by atoms with van der Waals surface area (Å²) in [6, 6.07) is 52.6. The lowest BCUT2D eigenvalue weighted by atomic mass is 9.98. The zero-order valence-corrected chi connectivity index (χ0v) is 25.6. The van der Waals surface area contributed by atoms with Gasteiger partial charge in [-0.15, -0.1) is 0 Å². The Bertz CT molecular complexity index is 2960. The fourth-order valence-electron chi connectivity index (χ4n) is 7.20. The molecule has 5 nitrogen and oxygen atoms in total. The van der Waals surface area contributed by atoms with Gasteiger partial charge in [0.1, 0.15) is 17.2 Å². The first kappa shape index (κ1) is 26.4. The van der Waals surface area contributed by atoms with E-state index in [0.717, 1.165) is 76.9 Å². The van der Waals surface area contributed by atoms with Crippen molar-refractivity contribution in [2.24, 2.45) is 0 Å². The van der Waals surface area contributed by atoms with Crippen molar-refractivity contribution < 1.29 is 4.42 Å². The van der Waals surface area contributed by atoms with Gasteiger partial charge < -0.3 is 4.42 Å². The summed E-state index contributed by atoms with van der Waals surface area (Å²) in [5.74, 6) is 0.476. The minimum absolute atomic E-state index is 0.358. The first-order valence-electron chi connectivity index (χ1n) is 15.9. The molecule has 10 rings (SSSR count). The van der Waals surface area contributed by atoms with Gasteiger partial charge in [0.2, 0.25) is 5.95 Å². The number of aromatic nitrogens is 3. The molecule has 3 heterocycles. The zero-order chi connectivity index (χ0) is 31.8. The second-order valence-corrected chi connectivity index (χ2v) is 12.1. The van der Waals surface area contributed by atoms with E-state index in [1.54, 1.807) is 0 Å². The number of benzene rings is 7. The average Bonchev–Trinajstić information content (AvgIpc) is 3.69. The molecule has 222 valence electrons. The minimum atomic E-state index is 0.358. The summed E-state index contributed by atoms with van der Waals surface area (Å²) in [6.45, 7) is 0. The van der Waals surface area contributed by atoms with Crippen LogP contribution >= 0.6 is 0 Å². The lowest BCUT2D eigenvalue weighted by molar-refractivity contribution is 0.669. The molecular formula is C43H24N4O. The van der Waals surface area contributed by atoms with Gasteiger partial charge in [0.05, 0.1) is 16.6 Å². The van der Waals surface area contributed by atoms with Crippen molar-refractivity contribution in [3.63, 3.8) is 0 Å². The normalized spacial score (nSPS) is 11.7. The molecule has 0 bridgehead atoms. The Morgan fingerprint density at radius 1 is 0.500 bits per heavy atom. The average molecular weight is 613 g/mol. The van der Waals surface area contributed by atoms with E-state index >= 15 is 0 Å². The molecule has 5 heteroatoms. The number of rotatable bonds is 3. The molecule has 0 amide bonds. The van der Waals surface area contributed by atoms with Crippen LogP contribution in [0.1, 0.15) is 5.69 Å². The standard InChI is InChI=1S/C43H24N4O/c44-25-37-32-12-6-7-13-36(32)45-43(46-37)47-38-18-14-28(26-8-2-1-3-9-26)22-33(38)34-23-29(15-19-39(34)47)30-17-20-40-35(24-30)42-31-11-5-4-10-27(31)16-21-41(42)48-40/h1-24H. The second kappa shape index (κ2) is 10.1. The number of furan rings is 1. The van der Waals surface area contributed by atoms with Gasteiger partial charge in [-0.1, -0.05) is 91.0 Å². The number of hydrogen-bond acceptors (Lipinski definition) is 4. The van der Waals surface area contributed by atoms with Crippen molar-refractivity contribution in [3.8, 4) is 34.3 Å². The van der Waals surface area contributed by atoms with Gasteiger partial charge in [-0.2, -0.15) is 5.26 Å². The van der Waals surface area contributed by atoms with E-state index in [1.165, 1.54) is 10.8 Å². The van der Waals surface area contributed by atoms with Crippen molar-refractivity contribution in [3.05, 3.63) is 151 Å². The van der Waals surface area contributed by atoms with Gasteiger partial charge in [-0.3, -0.25) is 4.57 Å². The molecule has 0 saturated heterocycles. The summed E-state index contributed by atoms with van der Waals surface area (Å²) >= 11 is 0. The second-order valence-electron chi connectivity index (χ2n) is 12.1. The maximum atomic E-state index is 10.0. The largest absolute Gasteiger partial charge is 0.456 e. The lowest BCUT2D eigenvalue weighted by Crippen LogP contribution is -2.03. The van der Waals surface area contributed by atoms with Gasteiger partial charge in [0.15, 0.2) is 5.69 Å². The fourth-order valence-corrected chi connectivity index (χ4v) is 7.20. The van der Waals surface area contributed by atoms with Crippen molar-refractivity contribution >= 4 is 65.4 Å². The van der Waals surface area contributed by atoms with E-state index in [9.17, 15) is 5.26 Å². The minimum Gasteiger partial charge on any atom is -0.456 e. The van der Waals surface area contributed by atoms with Crippen molar-refractivity contribution in [1.29, 1.82) is 5.26 Å². The van der Waals surface area contributed by atoms with Crippen LogP contribution < -0.4 is 0 Å². The van der Waals surface area contributed by atoms with Gasteiger partial charge in [0.25, 0.3) is 0 Å². The predicted molar refractivity (Wildman–Crippen MR) is 194 cm³/mol. The first-order chi connectivity index (χ1) is 23.7. The summed E-state index contributed by atoms with van der Waals surface area (Å²) in [5, 5.41) is 17.6. The van der Waals surface area contributed by atoms with Crippen LogP contribution in [0.3, 0.4) is 0 Å². The third kappa shape index (κ3) is 3.90. The number of para-hydroxylation sites is 1. The molecule has 0 unspecified atom stereocenters. The Labute approximate surface area is 274 Å². The Hall–Kier alpha value is -6.77. The number of hydrogen-bond donors (Lipinski definition) is 0. The molecule has 3 aromatic heterocycles. The molecular weight excluding hydrogens is 589 g/mol. The van der Waals surface area contributed by atoms with Crippen LogP contribution in [-0.2, 0) is 0 Å². The molecule has 0 atom stereocenters. The van der Waals surface area contributed by atoms with Gasteiger partial charge in [-0.05, 0) is 87.6 Å². The highest BCUT2D eigenvalue weighted by molar-refractivity contribution is 6.19. The van der Waals surface area contributed by atoms with E-state index in [-0.39, 0.29) is 0 Å². The molecule has 0 radical (unpaired) electrons. The van der Waals surface area contributed by atoms with Crippen LogP contribution in [0.5, 0.6) is 0 Å². The Balaban J connectivity index is 1.24. The van der Waals surface area contributed by atoms with E-state index in [0.29, 0.717) is 11.6 Å². The summed E-state index contributed by atoms with van der Waals surface area (Å²) in [4.78, 5) is 9.75. The SMILES string of the molecule is N#Cc1nc(-n2c3ccc(-c4ccccc4)cc3c3cc(-c4ccc5oc6ccc7ccccc7c6c5c4)ccc32)nc2ccccc12. The van der Waals surface area contributed by atoms with Crippen LogP contribution in [0, 0.1) is 11.3 Å². The highest BCUT2D eigenvalue weighted by Crippen LogP contribution is 2.40. The van der Waals surface area contributed by atoms with Gasteiger partial charge in [-0.25, -0.2) is 9.97 Å². The molecule has 0 aliphatic carbocycles. The van der Waals surface area contributed by atoms with Crippen molar-refractivity contribution in [2.75, 3.05) is 0 Å². The van der Waals surface area contributed by atoms with Gasteiger partial charge >= 0.3 is 0 Å². The van der Waals surface area contributed by atoms with E-state index in [4.69, 9.17) is 14.4 Å². The molecule has 7 aromatic carbocycles. The zero-order valence-electron chi connectivity index (χ0n) is 25.6. The fraction of sp³-hybridized carbons (Fsp3) is 0. The smallest absolute Gasteiger partial charge is 0.236 e. The maximum Gasteiger partial charge on any atom is 0.236 e. The summed E-state index contributed by atoms with van der Waals surface area (Å²) in [6.07, 6.45) is 0. The first-order valence-corrected chi connectivity index (χ1v) is 15.9. The Morgan fingerprint density at radius 3 is 1.90 bits per heavy atom. The van der Waals surface area contributed by atoms with Crippen LogP contribution in [0.15, 0.2) is 150 Å². The quantitative estimate of drug-likeness (QED) is 0.199. The molecule has 0 spiro atoms. The monoisotopic (exact) mass is 612 g/mol. The van der Waals surface area contributed by atoms with Gasteiger partial charge in [0, 0.05) is 26.9 Å². The highest BCUT2D eigenvalue weighted by atomic mass is 16.3. The van der Waals surface area contributed by atoms with Crippen LogP contribution in [0.2, 0.25) is 0 Å². The predicted octanol–water partition coefficient (Wildman–Crippen LogP) is 11.0. The summed E-state index contributed by atoms with van der Waals surface area (Å²) in [5.41, 5.74) is 9.28. The summed E-state index contributed by atoms with van der Waals surface area (Å²) < 4.78 is 8.37. The third-order valence-corrected chi connectivity index (χ3v) is 9.46. The maximum absolute atomic E-state index is 10.0. The van der Waals surface area contributed by atoms with E-state index in [1.807, 2.05) is 30.3 Å². The highest BCUT2D eigenvalue weighted by Gasteiger charge is 2.19. The Kier molecular flexibility index (Phi) is 5.57. The molecule has 48 heavy (non-hydrogen) atoms.